The first kappa shape index (κ1) is 26.4. The fourth-order valence-electron chi connectivity index (χ4n) is 1.50. The van der Waals surface area contributed by atoms with E-state index in [1.807, 2.05) is 6.08 Å². The summed E-state index contributed by atoms with van der Waals surface area (Å²) in [4.78, 5) is 2.34. The lowest BCUT2D eigenvalue weighted by Gasteiger charge is -2.24. The van der Waals surface area contributed by atoms with Crippen molar-refractivity contribution < 1.29 is 43.2 Å². The number of hydrogen-bond acceptors (Lipinski definition) is 5. The van der Waals surface area contributed by atoms with Gasteiger partial charge in [0.25, 0.3) is 0 Å². The molecular weight excluding hydrogens is 402 g/mol. The summed E-state index contributed by atoms with van der Waals surface area (Å²) < 4.78 is 108. The number of likely N-dealkylation sites (N-methyl/N-ethyl adjacent to an activating group) is 1. The smallest absolute Gasteiger partial charge is 0.300 e. The van der Waals surface area contributed by atoms with Gasteiger partial charge in [-0.3, -0.25) is 4.90 Å². The van der Waals surface area contributed by atoms with E-state index in [2.05, 4.69) is 32.4 Å². The van der Waals surface area contributed by atoms with Crippen LogP contribution in [0.1, 0.15) is 26.7 Å². The first-order valence-electron chi connectivity index (χ1n) is 6.69. The van der Waals surface area contributed by atoms with Gasteiger partial charge in [0.15, 0.2) is 0 Å². The highest BCUT2D eigenvalue weighted by Gasteiger charge is 2.55. The third-order valence-corrected chi connectivity index (χ3v) is 5.79. The van der Waals surface area contributed by atoms with E-state index in [1.54, 1.807) is 0 Å². The van der Waals surface area contributed by atoms with Crippen LogP contribution in [0.3, 0.4) is 0 Å². The molecular formula is C11H20F6N2O4S2. The van der Waals surface area contributed by atoms with Gasteiger partial charge in [0, 0.05) is 12.6 Å². The Morgan fingerprint density at radius 2 is 1.28 bits per heavy atom. The molecule has 0 aromatic rings. The van der Waals surface area contributed by atoms with Crippen LogP contribution in [0.2, 0.25) is 0 Å². The number of hydrogen-bond donors (Lipinski definition) is 1. The summed E-state index contributed by atoms with van der Waals surface area (Å²) >= 11 is 0. The maximum Gasteiger partial charge on any atom is 0.512 e. The molecule has 0 amide bonds. The third kappa shape index (κ3) is 8.87. The van der Waals surface area contributed by atoms with Crippen LogP contribution >= 0.6 is 0 Å². The minimum atomic E-state index is -6.60. The first-order chi connectivity index (χ1) is 11.0. The van der Waals surface area contributed by atoms with Crippen molar-refractivity contribution >= 4 is 20.0 Å². The molecule has 0 radical (unpaired) electrons. The van der Waals surface area contributed by atoms with E-state index >= 15 is 0 Å². The highest BCUT2D eigenvalue weighted by Crippen LogP contribution is 2.27. The fraction of sp³-hybridized carbons (Fsp3) is 0.818. The van der Waals surface area contributed by atoms with Crippen LogP contribution in [0.5, 0.6) is 0 Å². The minimum Gasteiger partial charge on any atom is -0.300 e. The molecule has 0 aliphatic heterocycles. The van der Waals surface area contributed by atoms with Crippen molar-refractivity contribution in [1.29, 1.82) is 0 Å². The molecule has 14 heteroatoms. The molecule has 0 aliphatic carbocycles. The predicted molar refractivity (Wildman–Crippen MR) is 80.3 cm³/mol. The molecule has 6 nitrogen and oxygen atoms in total. The van der Waals surface area contributed by atoms with Crippen LogP contribution in [0.25, 0.3) is 0 Å². The van der Waals surface area contributed by atoms with Crippen molar-refractivity contribution in [2.75, 3.05) is 13.6 Å². The molecule has 0 unspecified atom stereocenters. The number of nitrogens with one attached hydrogen (secondary N) is 1. The highest BCUT2D eigenvalue weighted by molar-refractivity contribution is 8.05. The summed E-state index contributed by atoms with van der Waals surface area (Å²) in [5.74, 6) is 0. The zero-order valence-corrected chi connectivity index (χ0v) is 15.3. The van der Waals surface area contributed by atoms with Crippen molar-refractivity contribution in [2.24, 2.45) is 0 Å². The molecule has 0 heterocycles. The molecule has 0 aliphatic rings. The van der Waals surface area contributed by atoms with Crippen molar-refractivity contribution in [3.8, 4) is 0 Å². The zero-order valence-electron chi connectivity index (χ0n) is 13.6. The molecule has 0 aromatic carbocycles. The zero-order chi connectivity index (χ0) is 20.7. The first-order valence-corrected chi connectivity index (χ1v) is 9.65. The summed E-state index contributed by atoms with van der Waals surface area (Å²) in [5, 5.41) is 0. The summed E-state index contributed by atoms with van der Waals surface area (Å²) in [5.41, 5.74) is -12.3. The van der Waals surface area contributed by atoms with Gasteiger partial charge in [-0.05, 0) is 19.9 Å². The van der Waals surface area contributed by atoms with E-state index in [0.717, 1.165) is 12.6 Å². The molecule has 0 fully saturated rings. The summed E-state index contributed by atoms with van der Waals surface area (Å²) in [7, 11) is -11.0. The Morgan fingerprint density at radius 3 is 1.48 bits per heavy atom. The molecule has 0 bridgehead atoms. The largest absolute Gasteiger partial charge is 0.512 e. The van der Waals surface area contributed by atoms with Crippen LogP contribution < -0.4 is 4.13 Å². The second-order valence-corrected chi connectivity index (χ2v) is 8.29. The quantitative estimate of drug-likeness (QED) is 0.504. The Bertz CT molecular complexity index is 567. The van der Waals surface area contributed by atoms with Crippen molar-refractivity contribution in [3.05, 3.63) is 12.7 Å². The lowest BCUT2D eigenvalue weighted by Crippen LogP contribution is -2.45. The molecule has 25 heavy (non-hydrogen) atoms. The maximum atomic E-state index is 11.5. The average molecular weight is 422 g/mol. The van der Waals surface area contributed by atoms with Crippen LogP contribution in [-0.4, -0.2) is 52.4 Å². The van der Waals surface area contributed by atoms with E-state index in [0.29, 0.717) is 0 Å². The molecule has 0 spiro atoms. The normalized spacial score (nSPS) is 13.6. The minimum absolute atomic E-state index is 0.493. The Morgan fingerprint density at radius 1 is 0.960 bits per heavy atom. The van der Waals surface area contributed by atoms with Crippen LogP contribution in [0.15, 0.2) is 12.7 Å². The predicted octanol–water partition coefficient (Wildman–Crippen LogP) is 2.57. The SMILES string of the molecule is C=CCN(C)C(CC)CC.O=S(=O)(NS(=O)(=O)C(F)(F)F)C(F)(F)F. The van der Waals surface area contributed by atoms with Gasteiger partial charge in [-0.2, -0.15) is 26.3 Å². The molecule has 152 valence electrons. The molecule has 0 aromatic heterocycles. The van der Waals surface area contributed by atoms with E-state index in [-0.39, 0.29) is 0 Å². The lowest BCUT2D eigenvalue weighted by molar-refractivity contribution is -0.0476. The Kier molecular flexibility index (Phi) is 10.3. The molecule has 0 saturated carbocycles. The van der Waals surface area contributed by atoms with Crippen molar-refractivity contribution in [3.63, 3.8) is 0 Å². The van der Waals surface area contributed by atoms with Crippen LogP contribution in [0.4, 0.5) is 26.3 Å². The third-order valence-electron chi connectivity index (χ3n) is 2.81. The Balaban J connectivity index is 0. The topological polar surface area (TPSA) is 83.6 Å². The van der Waals surface area contributed by atoms with Gasteiger partial charge in [-0.1, -0.05) is 24.1 Å². The van der Waals surface area contributed by atoms with Gasteiger partial charge in [-0.25, -0.2) is 16.8 Å². The monoisotopic (exact) mass is 422 g/mol. The summed E-state index contributed by atoms with van der Waals surface area (Å²) in [6.45, 7) is 9.18. The number of halogens is 6. The van der Waals surface area contributed by atoms with Crippen LogP contribution in [-0.2, 0) is 20.0 Å². The van der Waals surface area contributed by atoms with Gasteiger partial charge < -0.3 is 0 Å². The van der Waals surface area contributed by atoms with E-state index in [9.17, 15) is 43.2 Å². The van der Waals surface area contributed by atoms with Crippen molar-refractivity contribution in [1.82, 2.24) is 9.03 Å². The van der Waals surface area contributed by atoms with Gasteiger partial charge in [0.2, 0.25) is 0 Å². The second kappa shape index (κ2) is 9.73. The number of nitrogens with zero attached hydrogens (tertiary/aromatic N) is 1. The Labute approximate surface area is 143 Å². The standard InChI is InChI=1S/C9H19N.C2HF6NO4S2/c1-5-8-10(4)9(6-2)7-3;3-1(4,5)14(10,11)9-15(12,13)2(6,7)8/h5,9H,1,6-8H2,2-4H3;9H. The number of rotatable bonds is 7. The van der Waals surface area contributed by atoms with Gasteiger partial charge in [-0.15, -0.1) is 6.58 Å². The van der Waals surface area contributed by atoms with Crippen LogP contribution in [0, 0.1) is 0 Å². The molecule has 0 saturated heterocycles. The van der Waals surface area contributed by atoms with Crippen molar-refractivity contribution in [2.45, 2.75) is 43.7 Å². The highest BCUT2D eigenvalue weighted by atomic mass is 32.3. The molecule has 0 rings (SSSR count). The lowest BCUT2D eigenvalue weighted by atomic mass is 10.1. The molecule has 1 N–H and O–H groups in total. The van der Waals surface area contributed by atoms with E-state index in [4.69, 9.17) is 0 Å². The average Bonchev–Trinajstić information content (AvgIpc) is 2.37. The van der Waals surface area contributed by atoms with E-state index in [1.165, 1.54) is 12.8 Å². The summed E-state index contributed by atoms with van der Waals surface area (Å²) in [6, 6.07) is 0.734. The fourth-order valence-corrected chi connectivity index (χ4v) is 3.42. The molecule has 0 atom stereocenters. The van der Waals surface area contributed by atoms with E-state index < -0.39 is 35.2 Å². The summed E-state index contributed by atoms with van der Waals surface area (Å²) in [6.07, 6.45) is 4.43. The number of sulfonamides is 2. The second-order valence-electron chi connectivity index (χ2n) is 4.68. The van der Waals surface area contributed by atoms with Gasteiger partial charge >= 0.3 is 31.1 Å². The Hall–Kier alpha value is -0.860. The maximum absolute atomic E-state index is 11.5. The van der Waals surface area contributed by atoms with Gasteiger partial charge in [0.05, 0.1) is 0 Å². The number of alkyl halides is 6. The van der Waals surface area contributed by atoms with Gasteiger partial charge in [0.1, 0.15) is 0 Å².